The van der Waals surface area contributed by atoms with Crippen LogP contribution in [0.2, 0.25) is 0 Å². The highest BCUT2D eigenvalue weighted by Crippen LogP contribution is 2.18. The summed E-state index contributed by atoms with van der Waals surface area (Å²) in [5.74, 6) is 1.63. The molecule has 2 heterocycles. The van der Waals surface area contributed by atoms with Crippen LogP contribution in [0.4, 0.5) is 0 Å². The number of rotatable bonds is 0. The van der Waals surface area contributed by atoms with Gasteiger partial charge in [-0.2, -0.15) is 0 Å². The van der Waals surface area contributed by atoms with Gasteiger partial charge >= 0.3 is 0 Å². The summed E-state index contributed by atoms with van der Waals surface area (Å²) in [5.41, 5.74) is 0. The third-order valence-electron chi connectivity index (χ3n) is 3.11. The highest BCUT2D eigenvalue weighted by Gasteiger charge is 2.26. The first-order valence-corrected chi connectivity index (χ1v) is 9.18. The number of sulfone groups is 2. The molecule has 2 fully saturated rings. The first kappa shape index (κ1) is 14.0. The Bertz CT molecular complexity index is 422. The molecule has 0 N–H and O–H groups in total. The average Bonchev–Trinajstić information content (AvgIpc) is 2.58. The molecule has 4 nitrogen and oxygen atoms in total. The van der Waals surface area contributed by atoms with Crippen LogP contribution in [0, 0.1) is 5.92 Å². The van der Waals surface area contributed by atoms with Crippen molar-refractivity contribution in [1.29, 1.82) is 0 Å². The topological polar surface area (TPSA) is 68.3 Å². The first-order chi connectivity index (χ1) is 7.23. The lowest BCUT2D eigenvalue weighted by atomic mass is 10.2. The molecule has 0 amide bonds. The van der Waals surface area contributed by atoms with Crippen molar-refractivity contribution in [3.63, 3.8) is 0 Å². The van der Waals surface area contributed by atoms with Crippen molar-refractivity contribution < 1.29 is 16.8 Å². The van der Waals surface area contributed by atoms with Crippen molar-refractivity contribution in [3.8, 4) is 0 Å². The minimum absolute atomic E-state index is 0.0671. The zero-order chi connectivity index (χ0) is 12.4. The largest absolute Gasteiger partial charge is 0.229 e. The molecule has 0 aromatic carbocycles. The van der Waals surface area contributed by atoms with Crippen LogP contribution >= 0.6 is 0 Å². The smallest absolute Gasteiger partial charge is 0.152 e. The first-order valence-electron chi connectivity index (χ1n) is 5.65. The predicted molar refractivity (Wildman–Crippen MR) is 64.9 cm³/mol. The molecular weight excluding hydrogens is 248 g/mol. The van der Waals surface area contributed by atoms with Crippen molar-refractivity contribution >= 4 is 19.7 Å². The minimum Gasteiger partial charge on any atom is -0.229 e. The van der Waals surface area contributed by atoms with E-state index in [1.165, 1.54) is 0 Å². The average molecular weight is 268 g/mol. The lowest BCUT2D eigenvalue weighted by Crippen LogP contribution is -2.10. The van der Waals surface area contributed by atoms with Crippen molar-refractivity contribution in [2.24, 2.45) is 5.92 Å². The summed E-state index contributed by atoms with van der Waals surface area (Å²) in [6.07, 6.45) is 2.59. The molecule has 2 atom stereocenters. The van der Waals surface area contributed by atoms with E-state index in [9.17, 15) is 16.8 Å². The highest BCUT2D eigenvalue weighted by molar-refractivity contribution is 7.92. The van der Waals surface area contributed by atoms with Gasteiger partial charge in [0, 0.05) is 0 Å². The van der Waals surface area contributed by atoms with Crippen LogP contribution in [-0.4, -0.2) is 39.3 Å². The van der Waals surface area contributed by atoms with Gasteiger partial charge in [0.15, 0.2) is 19.7 Å². The van der Waals surface area contributed by atoms with Crippen LogP contribution in [-0.2, 0) is 19.7 Å². The quantitative estimate of drug-likeness (QED) is 0.658. The van der Waals surface area contributed by atoms with E-state index in [1.807, 2.05) is 6.92 Å². The molecule has 0 aliphatic carbocycles. The summed E-state index contributed by atoms with van der Waals surface area (Å²) < 4.78 is 42.8. The van der Waals surface area contributed by atoms with Gasteiger partial charge in [-0.15, -0.1) is 0 Å². The van der Waals surface area contributed by atoms with Gasteiger partial charge in [0.2, 0.25) is 0 Å². The van der Waals surface area contributed by atoms with E-state index in [-0.39, 0.29) is 5.25 Å². The van der Waals surface area contributed by atoms with Crippen molar-refractivity contribution in [2.75, 3.05) is 17.3 Å². The molecule has 0 saturated carbocycles. The molecule has 0 radical (unpaired) electrons. The van der Waals surface area contributed by atoms with Gasteiger partial charge in [-0.25, -0.2) is 16.8 Å². The Labute approximate surface area is 98.3 Å². The SMILES string of the molecule is CC1CCCS1(=O)=O.CC1CCS(=O)(=O)C1. The van der Waals surface area contributed by atoms with E-state index in [0.29, 0.717) is 23.2 Å². The van der Waals surface area contributed by atoms with Crippen LogP contribution in [0.15, 0.2) is 0 Å². The lowest BCUT2D eigenvalue weighted by molar-refractivity contribution is 0.593. The third-order valence-corrected chi connectivity index (χ3v) is 7.37. The van der Waals surface area contributed by atoms with E-state index in [1.54, 1.807) is 6.92 Å². The van der Waals surface area contributed by atoms with Gasteiger partial charge in [-0.3, -0.25) is 0 Å². The van der Waals surface area contributed by atoms with Gasteiger partial charge in [-0.05, 0) is 32.1 Å². The minimum atomic E-state index is -2.62. The second-order valence-electron chi connectivity index (χ2n) is 4.83. The highest BCUT2D eigenvalue weighted by atomic mass is 32.2. The molecule has 2 rings (SSSR count). The fourth-order valence-corrected chi connectivity index (χ4v) is 5.39. The number of hydrogen-bond donors (Lipinski definition) is 0. The summed E-state index contributed by atoms with van der Waals surface area (Å²) >= 11 is 0. The van der Waals surface area contributed by atoms with Gasteiger partial charge in [0.05, 0.1) is 22.5 Å². The fourth-order valence-electron chi connectivity index (χ4n) is 1.93. The molecule has 6 heteroatoms. The Morgan fingerprint density at radius 3 is 1.69 bits per heavy atom. The molecule has 2 aliphatic rings. The Morgan fingerprint density at radius 2 is 1.56 bits per heavy atom. The lowest BCUT2D eigenvalue weighted by Gasteiger charge is -1.96. The Morgan fingerprint density at radius 1 is 0.938 bits per heavy atom. The molecule has 2 aliphatic heterocycles. The van der Waals surface area contributed by atoms with Crippen LogP contribution in [0.5, 0.6) is 0 Å². The zero-order valence-electron chi connectivity index (χ0n) is 9.85. The summed E-state index contributed by atoms with van der Waals surface area (Å²) in [7, 11) is -5.22. The van der Waals surface area contributed by atoms with Crippen molar-refractivity contribution in [3.05, 3.63) is 0 Å². The summed E-state index contributed by atoms with van der Waals surface area (Å²) in [6, 6.07) is 0. The normalized spacial score (nSPS) is 35.4. The van der Waals surface area contributed by atoms with Gasteiger partial charge in [-0.1, -0.05) is 6.92 Å². The van der Waals surface area contributed by atoms with E-state index >= 15 is 0 Å². The monoisotopic (exact) mass is 268 g/mol. The van der Waals surface area contributed by atoms with Crippen LogP contribution in [0.3, 0.4) is 0 Å². The number of hydrogen-bond acceptors (Lipinski definition) is 4. The third kappa shape index (κ3) is 4.05. The Kier molecular flexibility index (Phi) is 4.40. The van der Waals surface area contributed by atoms with Crippen LogP contribution in [0.25, 0.3) is 0 Å². The Hall–Kier alpha value is -0.100. The van der Waals surface area contributed by atoms with Crippen LogP contribution < -0.4 is 0 Å². The summed E-state index contributed by atoms with van der Waals surface area (Å²) in [6.45, 7) is 3.76. The van der Waals surface area contributed by atoms with E-state index in [0.717, 1.165) is 19.3 Å². The zero-order valence-corrected chi connectivity index (χ0v) is 11.5. The maximum Gasteiger partial charge on any atom is 0.152 e. The molecule has 2 unspecified atom stereocenters. The molecule has 0 bridgehead atoms. The molecular formula is C10H20O4S2. The van der Waals surface area contributed by atoms with E-state index in [4.69, 9.17) is 0 Å². The van der Waals surface area contributed by atoms with Crippen molar-refractivity contribution in [2.45, 2.75) is 38.4 Å². The second kappa shape index (κ2) is 5.04. The van der Waals surface area contributed by atoms with E-state index in [2.05, 4.69) is 0 Å². The molecule has 0 spiro atoms. The molecule has 16 heavy (non-hydrogen) atoms. The summed E-state index contributed by atoms with van der Waals surface area (Å²) in [4.78, 5) is 0. The predicted octanol–water partition coefficient (Wildman–Crippen LogP) is 1.02. The van der Waals surface area contributed by atoms with Crippen LogP contribution in [0.1, 0.15) is 33.1 Å². The maximum absolute atomic E-state index is 10.8. The molecule has 0 aromatic rings. The molecule has 0 aromatic heterocycles. The van der Waals surface area contributed by atoms with Gasteiger partial charge in [0.1, 0.15) is 0 Å². The standard InChI is InChI=1S/2C5H10O2S/c1-5-2-3-8(6,7)4-5;1-5-3-2-4-8(5,6)7/h2*5H,2-4H2,1H3. The Balaban J connectivity index is 0.000000160. The second-order valence-corrected chi connectivity index (χ2v) is 9.60. The van der Waals surface area contributed by atoms with E-state index < -0.39 is 19.7 Å². The maximum atomic E-state index is 10.8. The van der Waals surface area contributed by atoms with Crippen molar-refractivity contribution in [1.82, 2.24) is 0 Å². The fraction of sp³-hybridized carbons (Fsp3) is 1.00. The van der Waals surface area contributed by atoms with Gasteiger partial charge < -0.3 is 0 Å². The van der Waals surface area contributed by atoms with Gasteiger partial charge in [0.25, 0.3) is 0 Å². The summed E-state index contributed by atoms with van der Waals surface area (Å²) in [5, 5.41) is -0.0671. The molecule has 96 valence electrons. The molecule has 2 saturated heterocycles.